The number of esters is 5. The van der Waals surface area contributed by atoms with Crippen LogP contribution in [0, 0.1) is 75.8 Å². The summed E-state index contributed by atoms with van der Waals surface area (Å²) in [6.45, 7) is 17.3. The molecular formula is C79H79BClN20O38P3. The second-order valence-electron chi connectivity index (χ2n) is 22.7. The molecule has 142 heavy (non-hydrogen) atoms. The molecule has 12 aromatic heterocycles. The van der Waals surface area contributed by atoms with Gasteiger partial charge in [-0.15, -0.1) is 0 Å². The molecule has 63 heteroatoms. The minimum atomic E-state index is -1.68. The van der Waals surface area contributed by atoms with E-state index in [1.54, 1.807) is 72.3 Å². The number of nitrogens with one attached hydrogen (secondary N) is 3. The van der Waals surface area contributed by atoms with Crippen molar-refractivity contribution in [3.8, 4) is 70.9 Å². The fourth-order valence-electron chi connectivity index (χ4n) is 8.30. The first kappa shape index (κ1) is 121. The molecule has 0 aliphatic heterocycles. The summed E-state index contributed by atoms with van der Waals surface area (Å²) >= 11 is 5.39. The molecule has 9 N–H and O–H groups in total. The fraction of sp³-hybridized carbons (Fsp3) is 0.215. The number of aromatic nitrogens is 10. The van der Waals surface area contributed by atoms with E-state index in [9.17, 15) is 62.3 Å². The zero-order chi connectivity index (χ0) is 108. The summed E-state index contributed by atoms with van der Waals surface area (Å²) in [5.74, 6) is -2.89. The van der Waals surface area contributed by atoms with Crippen LogP contribution in [-0.2, 0) is 105 Å². The van der Waals surface area contributed by atoms with Crippen LogP contribution in [0.4, 0.5) is 23.0 Å². The number of nitriles is 5. The van der Waals surface area contributed by atoms with Gasteiger partial charge in [-0.3, -0.25) is 38.4 Å². The van der Waals surface area contributed by atoms with Gasteiger partial charge in [0.05, 0.1) is 76.9 Å². The zero-order valence-electron chi connectivity index (χ0n) is 75.8. The Bertz CT molecular complexity index is 6440. The number of nitrogens with two attached hydrogens (primary N) is 3. The predicted octanol–water partition coefficient (Wildman–Crippen LogP) is 6.96. The number of hydrogen-bond acceptors (Lipinski definition) is 57. The third-order valence-electron chi connectivity index (χ3n) is 14.2. The minimum absolute atomic E-state index is 0.00213. The van der Waals surface area contributed by atoms with Crippen molar-refractivity contribution < 1.29 is 173 Å². The number of furan rings is 7. The van der Waals surface area contributed by atoms with Crippen LogP contribution in [0.5, 0.6) is 40.5 Å². The Morgan fingerprint density at radius 2 is 0.930 bits per heavy atom. The van der Waals surface area contributed by atoms with Gasteiger partial charge in [-0.2, -0.15) is 45.9 Å². The van der Waals surface area contributed by atoms with Crippen LogP contribution in [0.25, 0.3) is 55.5 Å². The van der Waals surface area contributed by atoms with Gasteiger partial charge in [0, 0.05) is 16.7 Å². The predicted molar refractivity (Wildman–Crippen MR) is 484 cm³/mol. The van der Waals surface area contributed by atoms with Crippen LogP contribution < -0.4 is 60.6 Å². The van der Waals surface area contributed by atoms with E-state index in [2.05, 4.69) is 140 Å². The summed E-state index contributed by atoms with van der Waals surface area (Å²) < 4.78 is 113. The topological polar surface area (TPSA) is 860 Å². The number of hydrogen-bond donors (Lipinski definition) is 6. The number of nitrogens with zero attached hydrogens (tertiary/aromatic N) is 14. The van der Waals surface area contributed by atoms with Gasteiger partial charge in [-0.05, 0) is 71.7 Å². The first-order valence-corrected chi connectivity index (χ1v) is 39.6. The molecule has 0 spiro atoms. The van der Waals surface area contributed by atoms with Gasteiger partial charge in [0.2, 0.25) is 45.2 Å². The second-order valence-corrected chi connectivity index (χ2v) is 23.9. The summed E-state index contributed by atoms with van der Waals surface area (Å²) in [5.41, 5.74) is 23.2. The van der Waals surface area contributed by atoms with E-state index < -0.39 is 52.6 Å². The summed E-state index contributed by atoms with van der Waals surface area (Å²) in [4.78, 5) is 190. The molecule has 0 bridgehead atoms. The van der Waals surface area contributed by atoms with Crippen molar-refractivity contribution in [3.63, 3.8) is 0 Å². The monoisotopic (exact) mass is 2060 g/mol. The van der Waals surface area contributed by atoms with Gasteiger partial charge >= 0.3 is 50.2 Å². The van der Waals surface area contributed by atoms with E-state index in [-0.39, 0.29) is 158 Å². The van der Waals surface area contributed by atoms with Gasteiger partial charge in [-0.1, -0.05) is 17.7 Å². The first-order valence-electron chi connectivity index (χ1n) is 38.3. The summed E-state index contributed by atoms with van der Waals surface area (Å²) in [7, 11) is 7.04. The van der Waals surface area contributed by atoms with E-state index in [0.29, 0.717) is 71.9 Å². The van der Waals surface area contributed by atoms with Crippen molar-refractivity contribution in [2.75, 3.05) is 61.9 Å². The van der Waals surface area contributed by atoms with Crippen molar-refractivity contribution in [1.82, 2.24) is 49.8 Å². The average Bonchev–Trinajstić information content (AvgIpc) is 1.69. The number of carbonyl (C=O) groups excluding carboxylic acids is 14. The Morgan fingerprint density at radius 3 is 1.36 bits per heavy atom. The van der Waals surface area contributed by atoms with E-state index >= 15 is 0 Å². The Balaban J connectivity index is 0.00000155. The first-order chi connectivity index (χ1) is 68.9. The van der Waals surface area contributed by atoms with Gasteiger partial charge < -0.3 is 134 Å². The van der Waals surface area contributed by atoms with E-state index in [1.165, 1.54) is 56.3 Å². The van der Waals surface area contributed by atoms with Gasteiger partial charge in [0.15, 0.2) is 74.7 Å². The number of aromatic amines is 1. The van der Waals surface area contributed by atoms with Crippen molar-refractivity contribution in [2.45, 2.75) is 73.8 Å². The second kappa shape index (κ2) is 72.5. The normalized spacial score (nSPS) is 9.70. The van der Waals surface area contributed by atoms with Crippen molar-refractivity contribution in [1.29, 1.82) is 33.0 Å². The number of H-pyrrole nitrogens is 1. The van der Waals surface area contributed by atoms with Crippen LogP contribution in [0.15, 0.2) is 147 Å². The van der Waals surface area contributed by atoms with Gasteiger partial charge in [0.25, 0.3) is 68.7 Å². The maximum absolute atomic E-state index is 11.4. The number of ether oxygens (including phenoxy) is 14. The number of aryl methyl sites for hydroxylation is 2. The van der Waals surface area contributed by atoms with E-state index in [1.807, 2.05) is 36.3 Å². The van der Waals surface area contributed by atoms with Crippen LogP contribution in [0.2, 0.25) is 0 Å². The summed E-state index contributed by atoms with van der Waals surface area (Å²) in [6, 6.07) is 8.34. The number of carbonyl (C=O) groups is 12. The Kier molecular flexibility index (Phi) is 61.7. The van der Waals surface area contributed by atoms with E-state index in [4.69, 9.17) is 112 Å². The Morgan fingerprint density at radius 1 is 0.535 bits per heavy atom. The molecule has 0 aliphatic rings. The number of rotatable bonds is 31. The molecule has 0 radical (unpaired) electrons. The fourth-order valence-corrected chi connectivity index (χ4v) is 8.97. The molecule has 0 aromatic carbocycles. The third-order valence-corrected chi connectivity index (χ3v) is 15.3. The van der Waals surface area contributed by atoms with Crippen LogP contribution in [-0.4, -0.2) is 191 Å². The number of anilines is 4. The van der Waals surface area contributed by atoms with Gasteiger partial charge in [0.1, 0.15) is 116 Å². The molecule has 0 aliphatic carbocycles. The molecule has 58 nitrogen and oxygen atoms in total. The number of fused-ring (bicyclic) bond motifs is 5. The molecule has 12 rings (SSSR count). The molecule has 0 fully saturated rings. The zero-order valence-corrected chi connectivity index (χ0v) is 79.0. The van der Waals surface area contributed by atoms with Gasteiger partial charge in [-0.25, -0.2) is 58.9 Å². The Labute approximate surface area is 810 Å². The van der Waals surface area contributed by atoms with Crippen molar-refractivity contribution in [2.24, 2.45) is 0 Å². The van der Waals surface area contributed by atoms with Crippen LogP contribution in [0.3, 0.4) is 0 Å². The number of halogens is 1. The molecule has 0 amide bonds. The third kappa shape index (κ3) is 41.9. The number of nitrogen functional groups attached to an aromatic ring is 3. The molecule has 12 aromatic rings. The maximum atomic E-state index is 11.4. The summed E-state index contributed by atoms with van der Waals surface area (Å²) in [5, 5.41) is 48.3. The van der Waals surface area contributed by atoms with E-state index in [0.717, 1.165) is 52.8 Å². The number of allylic oxidation sites excluding steroid dienone is 4. The van der Waals surface area contributed by atoms with Crippen molar-refractivity contribution in [3.05, 3.63) is 144 Å². The molecule has 12 heterocycles. The summed E-state index contributed by atoms with van der Waals surface area (Å²) in [6.07, 6.45) is 17.8. The average molecular weight is 2060 g/mol. The quantitative estimate of drug-likeness (QED) is 0.00244. The Hall–Kier alpha value is -19.0. The van der Waals surface area contributed by atoms with Crippen molar-refractivity contribution >= 4 is 207 Å². The SMILES string of the molecule is C/C=C(/C)C#N.CCOC(=O)C(Cl)C(=O)OCC.CCOC(=O)C(O/C=C(\C#N)OC=O)C(=O)OCC.CCOC(=O)c1occ(OC=O)c1N.Cc1coc2c(NP)ncnc12.Cc1coc2c(OP)ncnc12.N#CCO/C=C(\C#N)OC=O.N#Cc1occ(OC=O)c1N.Nc1ncnc2c(OC=O)coc12.O=C=O.O=COc1coc2c(=O)[nH]cnc12.O=COc1coc2c(OP)ncnc12.[2H]B=N. The molecule has 0 saturated heterocycles. The molecule has 3 atom stereocenters. The number of alkyl halides is 1. The van der Waals surface area contributed by atoms with Crippen LogP contribution in [0.1, 0.15) is 75.9 Å². The molecule has 0 saturated carbocycles. The standard InChI is InChI=1S/C11H13NO7.C8H9NO5.C7H11ClO4.C7H5N3O3.C7H8N3OP.C7H5N2O4P.C7H4N2O4.C7H7N2O2P.2C6H4N2O3.C5H7N.CO2.BH2N/c1-3-16-10(14)9(11(15)17-4-2)18-6-8(5-12)19-7-13;1-2-12-8(11)7-6(9)5(3-13-7)14-4-10;1-3-11-6(9)5(8)7(10)12-4-2;8-7-6-5(9-2-10-7)4(1-12-6)13-3-11;1-4-2-11-6-5(4)8-3-9-7(6)10-12;10-3-12-4-1-11-6-5(4)8-2-9-7(6)13-14;10-3-13-4-1-12-6-5(4)8-2-9-7(6)11;1-4-2-10-6-5(4)8-3-9-7(6)11-12;7-1-4-6(8)5(2-10-4)11-3-9;7-1-2-10-4-6(3-8)11-5-9;1-3-5(2)4-6;2-1-3;1-2/h6-7,9H,3-4H2,1-2H3;3-4H,2,9H2,1H3;5H,3-4H2,1-2H3;1-3H,(H2,8,9,10);2-3H,12H2,1H3,(H,8,9,10);1-3H,14H2;1-3H,(H,8,9,11);2-3H,12H2,1H3;2-3H,8H2;4-5H,2H2;3H,1-2H3;;1-2H/b8-6+;;;;;;;;;6-4+;5-3-;;/i;;;;;;;;;;;;1D. The molecular weight excluding hydrogens is 1980 g/mol. The molecule has 748 valence electrons. The molecule has 3 unspecified atom stereocenters. The van der Waals surface area contributed by atoms with Crippen LogP contribution >= 0.6 is 39.9 Å².